The SMILES string of the molecule is CCCCN(C(=O)c1cccc(C(F)(F)F)c1)C(C)c1nc2ccccc2c(=O)n1-c1cc(C)ccc1OC. The first-order valence-corrected chi connectivity index (χ1v) is 12.7. The zero-order chi connectivity index (χ0) is 28.3. The van der Waals surface area contributed by atoms with Gasteiger partial charge in [-0.05, 0) is 68.3 Å². The van der Waals surface area contributed by atoms with Crippen molar-refractivity contribution in [3.63, 3.8) is 0 Å². The van der Waals surface area contributed by atoms with Crippen LogP contribution in [0.4, 0.5) is 13.2 Å². The number of amides is 1. The van der Waals surface area contributed by atoms with Gasteiger partial charge in [0.15, 0.2) is 0 Å². The number of alkyl halides is 3. The van der Waals surface area contributed by atoms with E-state index in [0.29, 0.717) is 28.8 Å². The van der Waals surface area contributed by atoms with E-state index in [1.54, 1.807) is 43.3 Å². The summed E-state index contributed by atoms with van der Waals surface area (Å²) in [7, 11) is 1.50. The summed E-state index contributed by atoms with van der Waals surface area (Å²) in [6.07, 6.45) is -3.22. The van der Waals surface area contributed by atoms with Crippen molar-refractivity contribution in [2.75, 3.05) is 13.7 Å². The Bertz CT molecular complexity index is 1560. The third-order valence-electron chi connectivity index (χ3n) is 6.67. The predicted molar refractivity (Wildman–Crippen MR) is 144 cm³/mol. The van der Waals surface area contributed by atoms with E-state index in [1.807, 2.05) is 19.9 Å². The molecule has 0 spiro atoms. The Kier molecular flexibility index (Phi) is 8.09. The topological polar surface area (TPSA) is 64.4 Å². The van der Waals surface area contributed by atoms with Crippen LogP contribution in [0.15, 0.2) is 71.5 Å². The molecule has 0 radical (unpaired) electrons. The lowest BCUT2D eigenvalue weighted by Crippen LogP contribution is -2.38. The highest BCUT2D eigenvalue weighted by Crippen LogP contribution is 2.32. The van der Waals surface area contributed by atoms with Crippen molar-refractivity contribution in [1.29, 1.82) is 0 Å². The van der Waals surface area contributed by atoms with Crippen LogP contribution in [0.2, 0.25) is 0 Å². The number of nitrogens with zero attached hydrogens (tertiary/aromatic N) is 3. The molecule has 0 bridgehead atoms. The van der Waals surface area contributed by atoms with Crippen LogP contribution in [0.25, 0.3) is 16.6 Å². The number of halogens is 3. The average molecular weight is 538 g/mol. The molecule has 39 heavy (non-hydrogen) atoms. The van der Waals surface area contributed by atoms with Gasteiger partial charge in [0.25, 0.3) is 11.5 Å². The number of aromatic nitrogens is 2. The Morgan fingerprint density at radius 2 is 1.82 bits per heavy atom. The number of fused-ring (bicyclic) bond motifs is 1. The number of para-hydroxylation sites is 1. The largest absolute Gasteiger partial charge is 0.495 e. The summed E-state index contributed by atoms with van der Waals surface area (Å²) in [5.74, 6) is 0.142. The average Bonchev–Trinajstić information content (AvgIpc) is 2.92. The number of rotatable bonds is 8. The molecule has 3 aromatic carbocycles. The molecule has 0 aliphatic heterocycles. The Labute approximate surface area is 224 Å². The monoisotopic (exact) mass is 537 g/mol. The van der Waals surface area contributed by atoms with E-state index in [0.717, 1.165) is 24.1 Å². The first-order valence-electron chi connectivity index (χ1n) is 12.7. The van der Waals surface area contributed by atoms with Crippen molar-refractivity contribution in [2.24, 2.45) is 0 Å². The highest BCUT2D eigenvalue weighted by Gasteiger charge is 2.33. The molecule has 204 valence electrons. The molecular weight excluding hydrogens is 507 g/mol. The van der Waals surface area contributed by atoms with Gasteiger partial charge in [-0.2, -0.15) is 13.2 Å². The standard InChI is InChI=1S/C30H30F3N3O3/c1-5-6-16-35(28(37)21-10-9-11-22(18-21)30(31,32)33)20(3)27-34-24-13-8-7-12-23(24)29(38)36(27)25-17-19(2)14-15-26(25)39-4/h7-15,17-18,20H,5-6,16H2,1-4H3. The second-order valence-electron chi connectivity index (χ2n) is 9.41. The lowest BCUT2D eigenvalue weighted by atomic mass is 10.1. The minimum atomic E-state index is -4.59. The summed E-state index contributed by atoms with van der Waals surface area (Å²) < 4.78 is 47.2. The van der Waals surface area contributed by atoms with Crippen molar-refractivity contribution >= 4 is 16.8 Å². The minimum Gasteiger partial charge on any atom is -0.495 e. The lowest BCUT2D eigenvalue weighted by Gasteiger charge is -2.31. The summed E-state index contributed by atoms with van der Waals surface area (Å²) in [5, 5.41) is 0.390. The molecule has 4 aromatic rings. The number of unbranched alkanes of at least 4 members (excludes halogenated alkanes) is 1. The number of carbonyl (C=O) groups is 1. The Hall–Kier alpha value is -4.14. The van der Waals surface area contributed by atoms with Crippen LogP contribution < -0.4 is 10.3 Å². The van der Waals surface area contributed by atoms with E-state index < -0.39 is 23.7 Å². The Morgan fingerprint density at radius 1 is 1.08 bits per heavy atom. The number of hydrogen-bond donors (Lipinski definition) is 0. The van der Waals surface area contributed by atoms with Crippen LogP contribution in [0.3, 0.4) is 0 Å². The van der Waals surface area contributed by atoms with E-state index in [1.165, 1.54) is 28.7 Å². The van der Waals surface area contributed by atoms with Crippen LogP contribution in [-0.4, -0.2) is 34.0 Å². The zero-order valence-corrected chi connectivity index (χ0v) is 22.2. The Morgan fingerprint density at radius 3 is 2.51 bits per heavy atom. The molecule has 1 amide bonds. The first-order chi connectivity index (χ1) is 18.6. The molecule has 9 heteroatoms. The highest BCUT2D eigenvalue weighted by atomic mass is 19.4. The van der Waals surface area contributed by atoms with Gasteiger partial charge in [0.05, 0.1) is 35.3 Å². The fraction of sp³-hybridized carbons (Fsp3) is 0.300. The number of carbonyl (C=O) groups excluding carboxylic acids is 1. The van der Waals surface area contributed by atoms with Crippen molar-refractivity contribution in [2.45, 2.75) is 45.8 Å². The normalized spacial score (nSPS) is 12.4. The molecule has 1 unspecified atom stereocenters. The molecule has 1 heterocycles. The van der Waals surface area contributed by atoms with Gasteiger partial charge in [-0.3, -0.25) is 14.2 Å². The maximum Gasteiger partial charge on any atom is 0.416 e. The third-order valence-corrected chi connectivity index (χ3v) is 6.67. The summed E-state index contributed by atoms with van der Waals surface area (Å²) in [6, 6.07) is 15.9. The minimum absolute atomic E-state index is 0.0874. The van der Waals surface area contributed by atoms with E-state index in [2.05, 4.69) is 0 Å². The van der Waals surface area contributed by atoms with Gasteiger partial charge >= 0.3 is 6.18 Å². The van der Waals surface area contributed by atoms with Crippen LogP contribution in [0.5, 0.6) is 5.75 Å². The summed E-state index contributed by atoms with van der Waals surface area (Å²) in [4.78, 5) is 33.9. The van der Waals surface area contributed by atoms with Gasteiger partial charge in [0, 0.05) is 12.1 Å². The highest BCUT2D eigenvalue weighted by molar-refractivity contribution is 5.94. The number of ether oxygens (including phenoxy) is 1. The molecule has 0 aliphatic rings. The lowest BCUT2D eigenvalue weighted by molar-refractivity contribution is -0.137. The molecule has 1 aromatic heterocycles. The molecule has 0 aliphatic carbocycles. The molecule has 0 fully saturated rings. The Balaban J connectivity index is 1.93. The molecule has 0 saturated heterocycles. The summed E-state index contributed by atoms with van der Waals surface area (Å²) in [6.45, 7) is 5.84. The van der Waals surface area contributed by atoms with Gasteiger partial charge in [-0.1, -0.05) is 37.6 Å². The molecular formula is C30H30F3N3O3. The van der Waals surface area contributed by atoms with Crippen LogP contribution >= 0.6 is 0 Å². The first kappa shape index (κ1) is 27.9. The molecule has 0 saturated carbocycles. The van der Waals surface area contributed by atoms with Gasteiger partial charge in [0.2, 0.25) is 0 Å². The number of benzene rings is 3. The van der Waals surface area contributed by atoms with E-state index in [-0.39, 0.29) is 23.5 Å². The quantitative estimate of drug-likeness (QED) is 0.250. The van der Waals surface area contributed by atoms with Crippen LogP contribution in [0, 0.1) is 6.92 Å². The zero-order valence-electron chi connectivity index (χ0n) is 22.2. The summed E-state index contributed by atoms with van der Waals surface area (Å²) in [5.41, 5.74) is 0.469. The fourth-order valence-electron chi connectivity index (χ4n) is 4.57. The molecule has 1 atom stereocenters. The van der Waals surface area contributed by atoms with Crippen molar-refractivity contribution in [3.8, 4) is 11.4 Å². The van der Waals surface area contributed by atoms with Gasteiger partial charge < -0.3 is 9.64 Å². The maximum absolute atomic E-state index is 13.9. The smallest absolute Gasteiger partial charge is 0.416 e. The van der Waals surface area contributed by atoms with Crippen LogP contribution in [0.1, 0.15) is 60.0 Å². The molecule has 0 N–H and O–H groups in total. The third kappa shape index (κ3) is 5.67. The summed E-state index contributed by atoms with van der Waals surface area (Å²) >= 11 is 0. The predicted octanol–water partition coefficient (Wildman–Crippen LogP) is 6.73. The van der Waals surface area contributed by atoms with Gasteiger partial charge in [-0.15, -0.1) is 0 Å². The number of methoxy groups -OCH3 is 1. The van der Waals surface area contributed by atoms with Crippen LogP contribution in [-0.2, 0) is 6.18 Å². The van der Waals surface area contributed by atoms with Crippen molar-refractivity contribution < 1.29 is 22.7 Å². The maximum atomic E-state index is 13.9. The van der Waals surface area contributed by atoms with E-state index in [9.17, 15) is 22.8 Å². The number of aryl methyl sites for hydroxylation is 1. The second-order valence-corrected chi connectivity index (χ2v) is 9.41. The number of hydrogen-bond acceptors (Lipinski definition) is 4. The molecule has 6 nitrogen and oxygen atoms in total. The van der Waals surface area contributed by atoms with Crippen molar-refractivity contribution in [1.82, 2.24) is 14.5 Å². The van der Waals surface area contributed by atoms with E-state index >= 15 is 0 Å². The van der Waals surface area contributed by atoms with Crippen molar-refractivity contribution in [3.05, 3.63) is 99.6 Å². The fourth-order valence-corrected chi connectivity index (χ4v) is 4.57. The van der Waals surface area contributed by atoms with Gasteiger partial charge in [-0.25, -0.2) is 4.98 Å². The second kappa shape index (κ2) is 11.3. The van der Waals surface area contributed by atoms with Gasteiger partial charge in [0.1, 0.15) is 11.6 Å². The molecule has 4 rings (SSSR count). The van der Waals surface area contributed by atoms with E-state index in [4.69, 9.17) is 9.72 Å².